The third-order valence-corrected chi connectivity index (χ3v) is 5.43. The van der Waals surface area contributed by atoms with E-state index in [1.54, 1.807) is 30.3 Å². The van der Waals surface area contributed by atoms with E-state index in [2.05, 4.69) is 20.8 Å². The fourth-order valence-electron chi connectivity index (χ4n) is 3.02. The highest BCUT2D eigenvalue weighted by molar-refractivity contribution is 6.44. The summed E-state index contributed by atoms with van der Waals surface area (Å²) in [6, 6.07) is 12.5. The Hall–Kier alpha value is -2.04. The van der Waals surface area contributed by atoms with E-state index in [0.717, 1.165) is 5.56 Å². The number of hydrogen-bond acceptors (Lipinski definition) is 3. The summed E-state index contributed by atoms with van der Waals surface area (Å²) in [5.74, 6) is -0.675. The van der Waals surface area contributed by atoms with Crippen LogP contribution < -0.4 is 9.64 Å². The largest absolute Gasteiger partial charge is 0.426 e. The molecule has 1 heterocycles. The van der Waals surface area contributed by atoms with E-state index in [1.807, 2.05) is 12.1 Å². The highest BCUT2D eigenvalue weighted by atomic mass is 35.5. The smallest absolute Gasteiger partial charge is 0.316 e. The molecule has 1 aliphatic heterocycles. The lowest BCUT2D eigenvalue weighted by molar-refractivity contribution is -0.139. The van der Waals surface area contributed by atoms with Gasteiger partial charge in [0, 0.05) is 13.0 Å². The van der Waals surface area contributed by atoms with E-state index >= 15 is 0 Å². The predicted octanol–water partition coefficient (Wildman–Crippen LogP) is 5.25. The first-order chi connectivity index (χ1) is 12.7. The van der Waals surface area contributed by atoms with E-state index in [9.17, 15) is 9.59 Å². The number of esters is 1. The quantitative estimate of drug-likeness (QED) is 0.517. The first-order valence-corrected chi connectivity index (χ1v) is 9.49. The van der Waals surface area contributed by atoms with Gasteiger partial charge < -0.3 is 9.64 Å². The van der Waals surface area contributed by atoms with Gasteiger partial charge in [0.2, 0.25) is 5.91 Å². The SMILES string of the molecule is CC(C)(C)c1ccc(OC(=O)[C@H]2CC(=O)N(c3cccc(Cl)c3Cl)C2)cc1. The number of nitrogens with zero attached hydrogens (tertiary/aromatic N) is 1. The summed E-state index contributed by atoms with van der Waals surface area (Å²) in [5, 5.41) is 0.672. The zero-order chi connectivity index (χ0) is 19.8. The van der Waals surface area contributed by atoms with Gasteiger partial charge in [-0.25, -0.2) is 0 Å². The standard InChI is InChI=1S/C21H21Cl2NO3/c1-21(2,3)14-7-9-15(10-8-14)27-20(26)13-11-18(25)24(12-13)17-6-4-5-16(22)19(17)23/h4-10,13H,11-12H2,1-3H3/t13-/m0/s1. The molecule has 1 fully saturated rings. The Morgan fingerprint density at radius 1 is 1.11 bits per heavy atom. The summed E-state index contributed by atoms with van der Waals surface area (Å²) in [5.41, 5.74) is 1.69. The molecular weight excluding hydrogens is 385 g/mol. The number of benzene rings is 2. The summed E-state index contributed by atoms with van der Waals surface area (Å²) in [6.07, 6.45) is 0.0851. The van der Waals surface area contributed by atoms with Crippen LogP contribution in [0.2, 0.25) is 10.0 Å². The summed E-state index contributed by atoms with van der Waals surface area (Å²) in [7, 11) is 0. The second-order valence-corrected chi connectivity index (χ2v) is 8.46. The molecule has 0 bridgehead atoms. The van der Waals surface area contributed by atoms with Crippen molar-refractivity contribution in [1.29, 1.82) is 0 Å². The van der Waals surface area contributed by atoms with Crippen molar-refractivity contribution >= 4 is 40.8 Å². The van der Waals surface area contributed by atoms with E-state index < -0.39 is 11.9 Å². The van der Waals surface area contributed by atoms with Crippen molar-refractivity contribution in [2.24, 2.45) is 5.92 Å². The van der Waals surface area contributed by atoms with Crippen LogP contribution in [0.25, 0.3) is 0 Å². The van der Waals surface area contributed by atoms with Crippen molar-refractivity contribution in [1.82, 2.24) is 0 Å². The van der Waals surface area contributed by atoms with Crippen LogP contribution in [0.1, 0.15) is 32.8 Å². The molecule has 1 amide bonds. The summed E-state index contributed by atoms with van der Waals surface area (Å²) in [4.78, 5) is 26.4. The number of ether oxygens (including phenoxy) is 1. The van der Waals surface area contributed by atoms with E-state index in [-0.39, 0.29) is 24.3 Å². The lowest BCUT2D eigenvalue weighted by atomic mass is 9.87. The van der Waals surface area contributed by atoms with Gasteiger partial charge >= 0.3 is 5.97 Å². The number of carbonyl (C=O) groups excluding carboxylic acids is 2. The van der Waals surface area contributed by atoms with Crippen LogP contribution in [-0.2, 0) is 15.0 Å². The van der Waals surface area contributed by atoms with Crippen molar-refractivity contribution in [2.45, 2.75) is 32.6 Å². The van der Waals surface area contributed by atoms with Crippen molar-refractivity contribution in [3.63, 3.8) is 0 Å². The lowest BCUT2D eigenvalue weighted by Crippen LogP contribution is -2.27. The Morgan fingerprint density at radius 3 is 2.41 bits per heavy atom. The maximum absolute atomic E-state index is 12.5. The van der Waals surface area contributed by atoms with Crippen LogP contribution in [0.15, 0.2) is 42.5 Å². The second kappa shape index (κ2) is 7.53. The van der Waals surface area contributed by atoms with Gasteiger partial charge in [-0.05, 0) is 35.2 Å². The Bertz CT molecular complexity index is 872. The molecule has 0 radical (unpaired) electrons. The van der Waals surface area contributed by atoms with Gasteiger partial charge in [-0.2, -0.15) is 0 Å². The predicted molar refractivity (Wildman–Crippen MR) is 108 cm³/mol. The maximum Gasteiger partial charge on any atom is 0.316 e. The van der Waals surface area contributed by atoms with Gasteiger partial charge in [0.15, 0.2) is 0 Å². The van der Waals surface area contributed by atoms with Gasteiger partial charge in [0.25, 0.3) is 0 Å². The summed E-state index contributed by atoms with van der Waals surface area (Å²) in [6.45, 7) is 6.58. The van der Waals surface area contributed by atoms with Crippen LogP contribution >= 0.6 is 23.2 Å². The molecule has 0 spiro atoms. The second-order valence-electron chi connectivity index (χ2n) is 7.67. The average molecular weight is 406 g/mol. The van der Waals surface area contributed by atoms with Crippen molar-refractivity contribution in [3.8, 4) is 5.75 Å². The fourth-order valence-corrected chi connectivity index (χ4v) is 3.42. The molecule has 27 heavy (non-hydrogen) atoms. The topological polar surface area (TPSA) is 46.6 Å². The highest BCUT2D eigenvalue weighted by Gasteiger charge is 2.37. The monoisotopic (exact) mass is 405 g/mol. The Balaban J connectivity index is 1.70. The minimum Gasteiger partial charge on any atom is -0.426 e. The molecular formula is C21H21Cl2NO3. The number of amides is 1. The van der Waals surface area contributed by atoms with Crippen molar-refractivity contribution < 1.29 is 14.3 Å². The molecule has 0 aromatic heterocycles. The molecule has 1 atom stereocenters. The Kier molecular flexibility index (Phi) is 5.50. The van der Waals surface area contributed by atoms with Gasteiger partial charge in [-0.3, -0.25) is 9.59 Å². The lowest BCUT2D eigenvalue weighted by Gasteiger charge is -2.19. The van der Waals surface area contributed by atoms with Gasteiger partial charge in [-0.15, -0.1) is 0 Å². The molecule has 1 saturated heterocycles. The minimum absolute atomic E-state index is 0.0249. The number of hydrogen-bond donors (Lipinski definition) is 0. The van der Waals surface area contributed by atoms with Crippen molar-refractivity contribution in [2.75, 3.05) is 11.4 Å². The molecule has 4 nitrogen and oxygen atoms in total. The van der Waals surface area contributed by atoms with Gasteiger partial charge in [0.05, 0.1) is 21.7 Å². The zero-order valence-corrected chi connectivity index (χ0v) is 17.0. The molecule has 3 rings (SSSR count). The van der Waals surface area contributed by atoms with Gasteiger partial charge in [0.1, 0.15) is 5.75 Å². The van der Waals surface area contributed by atoms with E-state index in [4.69, 9.17) is 27.9 Å². The number of rotatable bonds is 3. The first kappa shape index (κ1) is 19.7. The molecule has 2 aromatic rings. The average Bonchev–Trinajstić information content (AvgIpc) is 2.99. The number of anilines is 1. The van der Waals surface area contributed by atoms with E-state index in [0.29, 0.717) is 21.5 Å². The van der Waals surface area contributed by atoms with Crippen molar-refractivity contribution in [3.05, 3.63) is 58.1 Å². The Labute approximate surface area is 169 Å². The third kappa shape index (κ3) is 4.28. The molecule has 0 N–H and O–H groups in total. The molecule has 2 aromatic carbocycles. The fraction of sp³-hybridized carbons (Fsp3) is 0.333. The highest BCUT2D eigenvalue weighted by Crippen LogP contribution is 2.36. The minimum atomic E-state index is -0.546. The maximum atomic E-state index is 12.5. The zero-order valence-electron chi connectivity index (χ0n) is 15.5. The van der Waals surface area contributed by atoms with Crippen LogP contribution in [-0.4, -0.2) is 18.4 Å². The van der Waals surface area contributed by atoms with Crippen LogP contribution in [0.4, 0.5) is 5.69 Å². The molecule has 142 valence electrons. The van der Waals surface area contributed by atoms with Gasteiger partial charge in [-0.1, -0.05) is 62.2 Å². The van der Waals surface area contributed by atoms with Crippen LogP contribution in [0.3, 0.4) is 0 Å². The third-order valence-electron chi connectivity index (χ3n) is 4.62. The van der Waals surface area contributed by atoms with Crippen LogP contribution in [0.5, 0.6) is 5.75 Å². The number of carbonyl (C=O) groups is 2. The molecule has 1 aliphatic rings. The molecule has 0 unspecified atom stereocenters. The number of halogens is 2. The van der Waals surface area contributed by atoms with E-state index in [1.165, 1.54) is 4.90 Å². The molecule has 0 aliphatic carbocycles. The normalized spacial score (nSPS) is 17.3. The summed E-state index contributed by atoms with van der Waals surface area (Å²) >= 11 is 12.2. The summed E-state index contributed by atoms with van der Waals surface area (Å²) < 4.78 is 5.48. The van der Waals surface area contributed by atoms with Crippen LogP contribution in [0, 0.1) is 5.92 Å². The molecule has 6 heteroatoms. The first-order valence-electron chi connectivity index (χ1n) is 8.73. The molecule has 0 saturated carbocycles. The Morgan fingerprint density at radius 2 is 1.78 bits per heavy atom.